The quantitative estimate of drug-likeness (QED) is 0.755. The number of rotatable bonds is 1. The Morgan fingerprint density at radius 1 is 1.32 bits per heavy atom. The molecule has 1 aromatic carbocycles. The Morgan fingerprint density at radius 2 is 2.11 bits per heavy atom. The second-order valence-corrected chi connectivity index (χ2v) is 5.37. The van der Waals surface area contributed by atoms with Crippen LogP contribution in [-0.2, 0) is 6.54 Å². The Kier molecular flexibility index (Phi) is 2.74. The number of aryl methyl sites for hydroxylation is 1. The van der Waals surface area contributed by atoms with Gasteiger partial charge in [-0.15, -0.1) is 0 Å². The van der Waals surface area contributed by atoms with E-state index in [0.717, 1.165) is 21.3 Å². The van der Waals surface area contributed by atoms with Gasteiger partial charge in [-0.1, -0.05) is 6.07 Å². The van der Waals surface area contributed by atoms with E-state index >= 15 is 0 Å². The number of hydrogen-bond donors (Lipinski definition) is 3. The van der Waals surface area contributed by atoms with Crippen molar-refractivity contribution >= 4 is 33.6 Å². The number of hydrogen-bond acceptors (Lipinski definition) is 4. The molecule has 1 aliphatic heterocycles. The van der Waals surface area contributed by atoms with Crippen LogP contribution >= 0.6 is 15.9 Å². The minimum atomic E-state index is -0.0721. The summed E-state index contributed by atoms with van der Waals surface area (Å²) in [7, 11) is 0. The number of aromatic nitrogens is 1. The first-order valence-electron chi connectivity index (χ1n) is 5.75. The van der Waals surface area contributed by atoms with Gasteiger partial charge in [-0.05, 0) is 40.0 Å². The zero-order chi connectivity index (χ0) is 13.6. The van der Waals surface area contributed by atoms with E-state index in [1.165, 1.54) is 6.07 Å². The van der Waals surface area contributed by atoms with Gasteiger partial charge < -0.3 is 15.1 Å². The van der Waals surface area contributed by atoms with Crippen LogP contribution in [0.1, 0.15) is 11.1 Å². The number of aromatic amines is 1. The first kappa shape index (κ1) is 12.1. The van der Waals surface area contributed by atoms with E-state index in [2.05, 4.69) is 32.0 Å². The summed E-state index contributed by atoms with van der Waals surface area (Å²) in [4.78, 5) is 8.62. The number of benzene rings is 1. The molecule has 0 bridgehead atoms. The molecule has 2 aromatic rings. The third kappa shape index (κ3) is 2.08. The molecule has 5 nitrogen and oxygen atoms in total. The molecule has 19 heavy (non-hydrogen) atoms. The van der Waals surface area contributed by atoms with Gasteiger partial charge in [0.1, 0.15) is 5.69 Å². The SMILES string of the molecule is Cc1cc(Br)c2c(c1)CN(c1cc(O)[nH]c1O)C=N2. The van der Waals surface area contributed by atoms with Gasteiger partial charge in [-0.3, -0.25) is 4.98 Å². The monoisotopic (exact) mass is 321 g/mol. The lowest BCUT2D eigenvalue weighted by atomic mass is 10.1. The minimum absolute atomic E-state index is 0.0703. The summed E-state index contributed by atoms with van der Waals surface area (Å²) in [5.74, 6) is -0.142. The van der Waals surface area contributed by atoms with Crippen molar-refractivity contribution in [3.63, 3.8) is 0 Å². The molecule has 0 saturated carbocycles. The predicted octanol–water partition coefficient (Wildman–Crippen LogP) is 3.18. The van der Waals surface area contributed by atoms with Gasteiger partial charge in [-0.2, -0.15) is 0 Å². The molecule has 1 aliphatic rings. The molecule has 2 heterocycles. The van der Waals surface area contributed by atoms with Crippen molar-refractivity contribution in [3.05, 3.63) is 33.8 Å². The molecule has 3 rings (SSSR count). The number of nitrogens with zero attached hydrogens (tertiary/aromatic N) is 2. The first-order valence-corrected chi connectivity index (χ1v) is 6.54. The summed E-state index contributed by atoms with van der Waals surface area (Å²) >= 11 is 3.50. The summed E-state index contributed by atoms with van der Waals surface area (Å²) < 4.78 is 0.958. The molecule has 0 radical (unpaired) electrons. The number of fused-ring (bicyclic) bond motifs is 1. The van der Waals surface area contributed by atoms with Crippen molar-refractivity contribution in [2.75, 3.05) is 4.90 Å². The lowest BCUT2D eigenvalue weighted by Crippen LogP contribution is -2.23. The fourth-order valence-corrected chi connectivity index (χ4v) is 2.93. The number of anilines is 1. The third-order valence-corrected chi connectivity index (χ3v) is 3.63. The van der Waals surface area contributed by atoms with Crippen LogP contribution in [0.3, 0.4) is 0 Å². The van der Waals surface area contributed by atoms with Gasteiger partial charge in [-0.25, -0.2) is 4.99 Å². The fraction of sp³-hybridized carbons (Fsp3) is 0.154. The second kappa shape index (κ2) is 4.31. The Hall–Kier alpha value is -1.95. The summed E-state index contributed by atoms with van der Waals surface area (Å²) in [5, 5.41) is 19.1. The molecule has 1 aromatic heterocycles. The predicted molar refractivity (Wildman–Crippen MR) is 77.3 cm³/mol. The average Bonchev–Trinajstić information content (AvgIpc) is 2.67. The molecule has 0 fully saturated rings. The Morgan fingerprint density at radius 3 is 2.79 bits per heavy atom. The smallest absolute Gasteiger partial charge is 0.215 e. The van der Waals surface area contributed by atoms with E-state index in [4.69, 9.17) is 0 Å². The van der Waals surface area contributed by atoms with E-state index in [1.807, 2.05) is 13.0 Å². The molecule has 3 N–H and O–H groups in total. The maximum absolute atomic E-state index is 9.71. The first-order chi connectivity index (χ1) is 9.04. The highest BCUT2D eigenvalue weighted by molar-refractivity contribution is 9.10. The van der Waals surface area contributed by atoms with E-state index < -0.39 is 0 Å². The highest BCUT2D eigenvalue weighted by Gasteiger charge is 2.19. The summed E-state index contributed by atoms with van der Waals surface area (Å²) in [6, 6.07) is 5.55. The van der Waals surface area contributed by atoms with Crippen molar-refractivity contribution in [3.8, 4) is 11.8 Å². The highest BCUT2D eigenvalue weighted by Crippen LogP contribution is 2.37. The second-order valence-electron chi connectivity index (χ2n) is 4.52. The summed E-state index contributed by atoms with van der Waals surface area (Å²) in [6.07, 6.45) is 1.64. The molecule has 0 aliphatic carbocycles. The number of H-pyrrole nitrogens is 1. The minimum Gasteiger partial charge on any atom is -0.494 e. The lowest BCUT2D eigenvalue weighted by Gasteiger charge is -2.24. The Bertz CT molecular complexity index is 679. The van der Waals surface area contributed by atoms with Crippen molar-refractivity contribution in [2.45, 2.75) is 13.5 Å². The number of halogens is 1. The molecule has 0 amide bonds. The van der Waals surface area contributed by atoms with Crippen molar-refractivity contribution in [1.82, 2.24) is 4.98 Å². The van der Waals surface area contributed by atoms with Crippen LogP contribution in [0.25, 0.3) is 0 Å². The molecule has 0 atom stereocenters. The van der Waals surface area contributed by atoms with Crippen molar-refractivity contribution < 1.29 is 10.2 Å². The van der Waals surface area contributed by atoms with Crippen LogP contribution in [0.2, 0.25) is 0 Å². The molecular weight excluding hydrogens is 310 g/mol. The van der Waals surface area contributed by atoms with Gasteiger partial charge in [0.15, 0.2) is 5.88 Å². The maximum Gasteiger partial charge on any atom is 0.215 e. The van der Waals surface area contributed by atoms with Crippen LogP contribution in [0.15, 0.2) is 27.7 Å². The van der Waals surface area contributed by atoms with Crippen LogP contribution in [0.4, 0.5) is 11.4 Å². The third-order valence-electron chi connectivity index (χ3n) is 3.03. The van der Waals surface area contributed by atoms with E-state index in [-0.39, 0.29) is 11.8 Å². The van der Waals surface area contributed by atoms with Gasteiger partial charge in [0, 0.05) is 10.5 Å². The van der Waals surface area contributed by atoms with Crippen LogP contribution in [0.5, 0.6) is 11.8 Å². The summed E-state index contributed by atoms with van der Waals surface area (Å²) in [5.41, 5.74) is 3.61. The zero-order valence-electron chi connectivity index (χ0n) is 10.2. The van der Waals surface area contributed by atoms with E-state index in [0.29, 0.717) is 12.2 Å². The van der Waals surface area contributed by atoms with Gasteiger partial charge in [0.2, 0.25) is 5.88 Å². The number of nitrogens with one attached hydrogen (secondary N) is 1. The molecule has 98 valence electrons. The fourth-order valence-electron chi connectivity index (χ4n) is 2.21. The molecule has 0 spiro atoms. The number of aliphatic imine (C=N–C) groups is 1. The van der Waals surface area contributed by atoms with E-state index in [9.17, 15) is 10.2 Å². The Balaban J connectivity index is 2.01. The highest BCUT2D eigenvalue weighted by atomic mass is 79.9. The van der Waals surface area contributed by atoms with Gasteiger partial charge in [0.05, 0.1) is 18.6 Å². The van der Waals surface area contributed by atoms with Crippen LogP contribution in [-0.4, -0.2) is 21.5 Å². The maximum atomic E-state index is 9.71. The molecule has 6 heteroatoms. The summed E-state index contributed by atoms with van der Waals surface area (Å²) in [6.45, 7) is 2.61. The van der Waals surface area contributed by atoms with Crippen LogP contribution in [0, 0.1) is 6.92 Å². The number of aromatic hydroxyl groups is 2. The van der Waals surface area contributed by atoms with Crippen molar-refractivity contribution in [2.24, 2.45) is 4.99 Å². The van der Waals surface area contributed by atoms with Crippen molar-refractivity contribution in [1.29, 1.82) is 0 Å². The average molecular weight is 322 g/mol. The van der Waals surface area contributed by atoms with Gasteiger partial charge >= 0.3 is 0 Å². The molecular formula is C13H12BrN3O2. The van der Waals surface area contributed by atoms with Crippen LogP contribution < -0.4 is 4.90 Å². The Labute approximate surface area is 118 Å². The normalized spacial score (nSPS) is 13.7. The standard InChI is InChI=1S/C13H12BrN3O2/c1-7-2-8-5-17(6-15-12(8)9(14)3-7)10-4-11(18)16-13(10)19/h2-4,6,16,18-19H,5H2,1H3. The zero-order valence-corrected chi connectivity index (χ0v) is 11.8. The molecule has 0 unspecified atom stereocenters. The largest absolute Gasteiger partial charge is 0.494 e. The van der Waals surface area contributed by atoms with E-state index in [1.54, 1.807) is 11.2 Å². The van der Waals surface area contributed by atoms with Gasteiger partial charge in [0.25, 0.3) is 0 Å². The lowest BCUT2D eigenvalue weighted by molar-refractivity contribution is 0.425. The molecule has 0 saturated heterocycles. The topological polar surface area (TPSA) is 71.8 Å².